The number of benzene rings is 1. The molecule has 0 saturated heterocycles. The summed E-state index contributed by atoms with van der Waals surface area (Å²) >= 11 is 7.24. The van der Waals surface area contributed by atoms with Crippen molar-refractivity contribution in [2.45, 2.75) is 31.7 Å². The molecule has 1 atom stereocenters. The Morgan fingerprint density at radius 3 is 2.67 bits per heavy atom. The molecular weight excluding hydrogens is 268 g/mol. The first-order chi connectivity index (χ1) is 8.40. The van der Waals surface area contributed by atoms with E-state index < -0.39 is 0 Å². The lowest BCUT2D eigenvalue weighted by Gasteiger charge is -2.17. The Hall–Kier alpha value is -0.870. The topological polar surface area (TPSA) is 55.1 Å². The van der Waals surface area contributed by atoms with E-state index in [9.17, 15) is 4.79 Å². The number of hydrogen-bond donors (Lipinski definition) is 2. The van der Waals surface area contributed by atoms with Crippen molar-refractivity contribution in [3.8, 4) is 0 Å². The molecule has 0 radical (unpaired) electrons. The Labute approximate surface area is 117 Å². The van der Waals surface area contributed by atoms with Gasteiger partial charge < -0.3 is 11.1 Å². The second kappa shape index (κ2) is 6.90. The molecule has 0 aliphatic rings. The maximum atomic E-state index is 11.7. The number of rotatable bonds is 5. The SMILES string of the molecule is CC(C)C(C)NC(=O)CSc1ccc(Cl)cc1N. The summed E-state index contributed by atoms with van der Waals surface area (Å²) < 4.78 is 0. The first-order valence-corrected chi connectivity index (χ1v) is 7.23. The number of amides is 1. The number of halogens is 1. The summed E-state index contributed by atoms with van der Waals surface area (Å²) in [6.07, 6.45) is 0. The van der Waals surface area contributed by atoms with Crippen LogP contribution in [-0.4, -0.2) is 17.7 Å². The average molecular weight is 287 g/mol. The van der Waals surface area contributed by atoms with Crippen LogP contribution in [-0.2, 0) is 4.79 Å². The van der Waals surface area contributed by atoms with Crippen LogP contribution in [0.25, 0.3) is 0 Å². The predicted molar refractivity (Wildman–Crippen MR) is 79.0 cm³/mol. The van der Waals surface area contributed by atoms with Crippen molar-refractivity contribution in [2.75, 3.05) is 11.5 Å². The van der Waals surface area contributed by atoms with Crippen LogP contribution in [0.5, 0.6) is 0 Å². The van der Waals surface area contributed by atoms with Gasteiger partial charge in [-0.2, -0.15) is 0 Å². The van der Waals surface area contributed by atoms with Gasteiger partial charge in [-0.25, -0.2) is 0 Å². The van der Waals surface area contributed by atoms with Gasteiger partial charge in [0.05, 0.1) is 5.75 Å². The second-order valence-electron chi connectivity index (χ2n) is 4.57. The zero-order valence-electron chi connectivity index (χ0n) is 10.9. The van der Waals surface area contributed by atoms with E-state index in [1.54, 1.807) is 12.1 Å². The highest BCUT2D eigenvalue weighted by Crippen LogP contribution is 2.27. The molecule has 100 valence electrons. The molecule has 1 aromatic carbocycles. The number of carbonyl (C=O) groups is 1. The van der Waals surface area contributed by atoms with E-state index in [0.29, 0.717) is 22.4 Å². The van der Waals surface area contributed by atoms with Gasteiger partial charge >= 0.3 is 0 Å². The molecule has 1 amide bonds. The molecular formula is C13H19ClN2OS. The Kier molecular flexibility index (Phi) is 5.82. The molecule has 0 aliphatic carbocycles. The predicted octanol–water partition coefficient (Wildman–Crippen LogP) is 3.18. The van der Waals surface area contributed by atoms with E-state index in [1.165, 1.54) is 11.8 Å². The van der Waals surface area contributed by atoms with Crippen LogP contribution in [0.3, 0.4) is 0 Å². The van der Waals surface area contributed by atoms with E-state index >= 15 is 0 Å². The number of hydrogen-bond acceptors (Lipinski definition) is 3. The molecule has 0 fully saturated rings. The van der Waals surface area contributed by atoms with Crippen LogP contribution in [0.15, 0.2) is 23.1 Å². The van der Waals surface area contributed by atoms with Gasteiger partial charge in [-0.05, 0) is 31.0 Å². The van der Waals surface area contributed by atoms with Gasteiger partial charge in [0.15, 0.2) is 0 Å². The third-order valence-electron chi connectivity index (χ3n) is 2.72. The van der Waals surface area contributed by atoms with Gasteiger partial charge in [-0.1, -0.05) is 25.4 Å². The fraction of sp³-hybridized carbons (Fsp3) is 0.462. The maximum Gasteiger partial charge on any atom is 0.230 e. The van der Waals surface area contributed by atoms with E-state index in [-0.39, 0.29) is 11.9 Å². The van der Waals surface area contributed by atoms with Crippen molar-refractivity contribution in [1.29, 1.82) is 0 Å². The minimum absolute atomic E-state index is 0.0237. The smallest absolute Gasteiger partial charge is 0.230 e. The third-order valence-corrected chi connectivity index (χ3v) is 4.04. The van der Waals surface area contributed by atoms with E-state index in [2.05, 4.69) is 19.2 Å². The van der Waals surface area contributed by atoms with E-state index in [4.69, 9.17) is 17.3 Å². The Morgan fingerprint density at radius 1 is 1.44 bits per heavy atom. The van der Waals surface area contributed by atoms with Crippen LogP contribution in [0.1, 0.15) is 20.8 Å². The van der Waals surface area contributed by atoms with Gasteiger partial charge in [0.1, 0.15) is 0 Å². The zero-order chi connectivity index (χ0) is 13.7. The Morgan fingerprint density at radius 2 is 2.11 bits per heavy atom. The molecule has 5 heteroatoms. The largest absolute Gasteiger partial charge is 0.398 e. The van der Waals surface area contributed by atoms with Crippen molar-refractivity contribution in [2.24, 2.45) is 5.92 Å². The minimum atomic E-state index is 0.0237. The van der Waals surface area contributed by atoms with Crippen molar-refractivity contribution in [3.05, 3.63) is 23.2 Å². The van der Waals surface area contributed by atoms with E-state index in [0.717, 1.165) is 4.90 Å². The lowest BCUT2D eigenvalue weighted by atomic mass is 10.1. The lowest BCUT2D eigenvalue weighted by molar-refractivity contribution is -0.119. The number of carbonyl (C=O) groups excluding carboxylic acids is 1. The number of nitrogens with one attached hydrogen (secondary N) is 1. The monoisotopic (exact) mass is 286 g/mol. The van der Waals surface area contributed by atoms with Crippen LogP contribution in [0.4, 0.5) is 5.69 Å². The normalized spacial score (nSPS) is 12.5. The average Bonchev–Trinajstić information content (AvgIpc) is 2.27. The quantitative estimate of drug-likeness (QED) is 0.646. The van der Waals surface area contributed by atoms with Crippen molar-refractivity contribution in [3.63, 3.8) is 0 Å². The first-order valence-electron chi connectivity index (χ1n) is 5.87. The highest BCUT2D eigenvalue weighted by molar-refractivity contribution is 8.00. The molecule has 0 aliphatic heterocycles. The zero-order valence-corrected chi connectivity index (χ0v) is 12.4. The van der Waals surface area contributed by atoms with Gasteiger partial charge in [0.25, 0.3) is 0 Å². The van der Waals surface area contributed by atoms with Crippen molar-refractivity contribution < 1.29 is 4.79 Å². The number of nitrogens with two attached hydrogens (primary N) is 1. The molecule has 0 aromatic heterocycles. The van der Waals surface area contributed by atoms with Crippen LogP contribution >= 0.6 is 23.4 Å². The molecule has 0 heterocycles. The fourth-order valence-corrected chi connectivity index (χ4v) is 2.20. The van der Waals surface area contributed by atoms with Crippen LogP contribution < -0.4 is 11.1 Å². The molecule has 18 heavy (non-hydrogen) atoms. The third kappa shape index (κ3) is 4.78. The highest BCUT2D eigenvalue weighted by atomic mass is 35.5. The van der Waals surface area contributed by atoms with Crippen LogP contribution in [0.2, 0.25) is 5.02 Å². The molecule has 3 N–H and O–H groups in total. The first kappa shape index (κ1) is 15.2. The standard InChI is InChI=1S/C13H19ClN2OS/c1-8(2)9(3)16-13(17)7-18-12-5-4-10(14)6-11(12)15/h4-6,8-9H,7,15H2,1-3H3,(H,16,17). The molecule has 1 unspecified atom stereocenters. The summed E-state index contributed by atoms with van der Waals surface area (Å²) in [6.45, 7) is 6.16. The molecule has 0 saturated carbocycles. The van der Waals surface area contributed by atoms with Crippen LogP contribution in [0, 0.1) is 5.92 Å². The molecule has 0 spiro atoms. The van der Waals surface area contributed by atoms with E-state index in [1.807, 2.05) is 13.0 Å². The molecule has 1 aromatic rings. The molecule has 3 nitrogen and oxygen atoms in total. The van der Waals surface area contributed by atoms with Gasteiger partial charge in [-0.15, -0.1) is 11.8 Å². The van der Waals surface area contributed by atoms with Crippen molar-refractivity contribution >= 4 is 35.0 Å². The van der Waals surface area contributed by atoms with Gasteiger partial charge in [0.2, 0.25) is 5.91 Å². The highest BCUT2D eigenvalue weighted by Gasteiger charge is 2.11. The second-order valence-corrected chi connectivity index (χ2v) is 6.02. The summed E-state index contributed by atoms with van der Waals surface area (Å²) in [5, 5.41) is 3.56. The summed E-state index contributed by atoms with van der Waals surface area (Å²) in [4.78, 5) is 12.6. The lowest BCUT2D eigenvalue weighted by Crippen LogP contribution is -2.37. The molecule has 1 rings (SSSR count). The summed E-state index contributed by atoms with van der Waals surface area (Å²) in [7, 11) is 0. The fourth-order valence-electron chi connectivity index (χ4n) is 1.26. The molecule has 0 bridgehead atoms. The van der Waals surface area contributed by atoms with Crippen molar-refractivity contribution in [1.82, 2.24) is 5.32 Å². The Balaban J connectivity index is 2.47. The van der Waals surface area contributed by atoms with Gasteiger partial charge in [-0.3, -0.25) is 4.79 Å². The summed E-state index contributed by atoms with van der Waals surface area (Å²) in [6, 6.07) is 5.48. The summed E-state index contributed by atoms with van der Waals surface area (Å²) in [5.41, 5.74) is 6.43. The number of nitrogen functional groups attached to an aromatic ring is 1. The number of anilines is 1. The maximum absolute atomic E-state index is 11.7. The summed E-state index contributed by atoms with van der Waals surface area (Å²) in [5.74, 6) is 0.818. The Bertz CT molecular complexity index is 423. The number of thioether (sulfide) groups is 1. The minimum Gasteiger partial charge on any atom is -0.398 e. The van der Waals surface area contributed by atoms with Gasteiger partial charge in [0, 0.05) is 21.6 Å².